The Balaban J connectivity index is 1.05. The zero-order valence-electron chi connectivity index (χ0n) is 21.4. The van der Waals surface area contributed by atoms with Gasteiger partial charge in [0.25, 0.3) is 0 Å². The third-order valence-electron chi connectivity index (χ3n) is 7.41. The minimum absolute atomic E-state index is 0.0233. The summed E-state index contributed by atoms with van der Waals surface area (Å²) in [7, 11) is 0. The maximum Gasteiger partial charge on any atom is 0.242 e. The highest BCUT2D eigenvalue weighted by atomic mass is 35.5. The number of nitriles is 1. The summed E-state index contributed by atoms with van der Waals surface area (Å²) in [6.07, 6.45) is 8.63. The van der Waals surface area contributed by atoms with Crippen LogP contribution in [0.5, 0.6) is 0 Å². The lowest BCUT2D eigenvalue weighted by atomic mass is 9.84. The number of nitrogens with one attached hydrogen (secondary N) is 3. The molecule has 9 nitrogen and oxygen atoms in total. The van der Waals surface area contributed by atoms with Gasteiger partial charge in [-0.1, -0.05) is 23.7 Å². The zero-order valence-corrected chi connectivity index (χ0v) is 22.2. The number of aryl methyl sites for hydroxylation is 1. The molecule has 198 valence electrons. The number of carbonyl (C=O) groups is 1. The molecule has 10 heteroatoms. The average molecular weight is 534 g/mol. The Morgan fingerprint density at radius 1 is 1.13 bits per heavy atom. The fourth-order valence-corrected chi connectivity index (χ4v) is 5.21. The van der Waals surface area contributed by atoms with E-state index in [2.05, 4.69) is 38.1 Å². The van der Waals surface area contributed by atoms with Gasteiger partial charge >= 0.3 is 0 Å². The van der Waals surface area contributed by atoms with Crippen molar-refractivity contribution in [3.63, 3.8) is 0 Å². The van der Waals surface area contributed by atoms with Crippen LogP contribution in [-0.4, -0.2) is 52.7 Å². The highest BCUT2D eigenvalue weighted by Gasteiger charge is 2.27. The number of ether oxygens (including phenoxy) is 1. The molecule has 5 rings (SSSR count). The van der Waals surface area contributed by atoms with Gasteiger partial charge in [0.15, 0.2) is 5.92 Å². The molecule has 1 aromatic carbocycles. The standard InChI is InChI=1S/C28H32ClN7O2/c1-17-2-5-19-6-9-24(36-26(19)25(17)29)34-21-7-3-18(4-8-21)10-11-31-28-32-13-20(14-33-28)23(12-30)27(37)35-22-15-38-16-22/h2,5-6,9,13-14,18,21-23H,3-4,7-8,10-11,15-16H2,1H3,(H,34,36)(H,35,37)(H,31,32,33). The molecule has 0 spiro atoms. The molecule has 0 bridgehead atoms. The molecule has 1 aliphatic carbocycles. The van der Waals surface area contributed by atoms with E-state index in [0.29, 0.717) is 36.7 Å². The van der Waals surface area contributed by atoms with Crippen molar-refractivity contribution in [2.45, 2.75) is 57.0 Å². The van der Waals surface area contributed by atoms with Crippen LogP contribution in [0, 0.1) is 24.2 Å². The van der Waals surface area contributed by atoms with E-state index in [1.807, 2.05) is 25.1 Å². The van der Waals surface area contributed by atoms with Crippen molar-refractivity contribution in [1.29, 1.82) is 5.26 Å². The van der Waals surface area contributed by atoms with Crippen LogP contribution in [0.1, 0.15) is 49.1 Å². The number of hydrogen-bond acceptors (Lipinski definition) is 8. The number of anilines is 2. The number of fused-ring (bicyclic) bond motifs is 1. The molecule has 0 radical (unpaired) electrons. The highest BCUT2D eigenvalue weighted by Crippen LogP contribution is 2.30. The summed E-state index contributed by atoms with van der Waals surface area (Å²) < 4.78 is 5.06. The van der Waals surface area contributed by atoms with Gasteiger partial charge in [-0.05, 0) is 62.6 Å². The Labute approximate surface area is 227 Å². The molecule has 2 aromatic heterocycles. The zero-order chi connectivity index (χ0) is 26.5. The van der Waals surface area contributed by atoms with Crippen molar-refractivity contribution in [2.75, 3.05) is 30.4 Å². The smallest absolute Gasteiger partial charge is 0.242 e. The molecule has 3 N–H and O–H groups in total. The van der Waals surface area contributed by atoms with Gasteiger partial charge in [0.05, 0.1) is 35.9 Å². The van der Waals surface area contributed by atoms with Gasteiger partial charge in [-0.3, -0.25) is 4.79 Å². The molecule has 1 amide bonds. The van der Waals surface area contributed by atoms with Crippen molar-refractivity contribution in [2.24, 2.45) is 5.92 Å². The summed E-state index contributed by atoms with van der Waals surface area (Å²) in [6.45, 7) is 3.74. The molecular weight excluding hydrogens is 502 g/mol. The maximum atomic E-state index is 12.3. The van der Waals surface area contributed by atoms with Gasteiger partial charge in [0, 0.05) is 35.9 Å². The second-order valence-electron chi connectivity index (χ2n) is 10.2. The molecule has 2 aliphatic rings. The van der Waals surface area contributed by atoms with Crippen LogP contribution in [0.4, 0.5) is 11.8 Å². The number of aromatic nitrogens is 3. The molecule has 1 saturated heterocycles. The van der Waals surface area contributed by atoms with Crippen LogP contribution in [0.15, 0.2) is 36.7 Å². The molecule has 2 fully saturated rings. The number of nitrogens with zero attached hydrogens (tertiary/aromatic N) is 4. The van der Waals surface area contributed by atoms with Crippen LogP contribution in [0.2, 0.25) is 5.02 Å². The summed E-state index contributed by atoms with van der Waals surface area (Å²) in [6, 6.07) is 10.6. The van der Waals surface area contributed by atoms with E-state index in [9.17, 15) is 10.1 Å². The second-order valence-corrected chi connectivity index (χ2v) is 10.6. The molecule has 1 aliphatic heterocycles. The Morgan fingerprint density at radius 2 is 1.87 bits per heavy atom. The lowest BCUT2D eigenvalue weighted by Crippen LogP contribution is -2.49. The lowest BCUT2D eigenvalue weighted by Gasteiger charge is -2.29. The van der Waals surface area contributed by atoms with Crippen LogP contribution in [0.3, 0.4) is 0 Å². The first-order chi connectivity index (χ1) is 18.5. The topological polar surface area (TPSA) is 125 Å². The highest BCUT2D eigenvalue weighted by molar-refractivity contribution is 6.35. The van der Waals surface area contributed by atoms with Gasteiger partial charge < -0.3 is 20.7 Å². The molecule has 1 unspecified atom stereocenters. The monoisotopic (exact) mass is 533 g/mol. The first kappa shape index (κ1) is 26.1. The number of pyridine rings is 1. The van der Waals surface area contributed by atoms with Crippen LogP contribution >= 0.6 is 11.6 Å². The average Bonchev–Trinajstić information content (AvgIpc) is 2.91. The maximum absolute atomic E-state index is 12.3. The molecule has 1 saturated carbocycles. The predicted molar refractivity (Wildman–Crippen MR) is 147 cm³/mol. The number of rotatable bonds is 9. The third kappa shape index (κ3) is 6.14. The van der Waals surface area contributed by atoms with Gasteiger partial charge in [-0.25, -0.2) is 15.0 Å². The fraction of sp³-hybridized carbons (Fsp3) is 0.464. The third-order valence-corrected chi connectivity index (χ3v) is 7.89. The number of benzene rings is 1. The van der Waals surface area contributed by atoms with E-state index in [0.717, 1.165) is 66.0 Å². The molecule has 3 aromatic rings. The SMILES string of the molecule is Cc1ccc2ccc(NC3CCC(CCNc4ncc(C(C#N)C(=O)NC5COC5)cn4)CC3)nc2c1Cl. The molecule has 3 heterocycles. The number of halogens is 1. The van der Waals surface area contributed by atoms with Crippen LogP contribution in [-0.2, 0) is 9.53 Å². The van der Waals surface area contributed by atoms with E-state index in [1.165, 1.54) is 0 Å². The largest absolute Gasteiger partial charge is 0.377 e. The second kappa shape index (κ2) is 11.9. The first-order valence-corrected chi connectivity index (χ1v) is 13.5. The summed E-state index contributed by atoms with van der Waals surface area (Å²) in [4.78, 5) is 25.7. The number of hydrogen-bond donors (Lipinski definition) is 3. The molecule has 1 atom stereocenters. The Hall–Kier alpha value is -3.48. The normalized spacial score (nSPS) is 20.2. The van der Waals surface area contributed by atoms with E-state index in [4.69, 9.17) is 21.3 Å². The van der Waals surface area contributed by atoms with Crippen molar-refractivity contribution in [3.8, 4) is 6.07 Å². The van der Waals surface area contributed by atoms with E-state index < -0.39 is 5.92 Å². The summed E-state index contributed by atoms with van der Waals surface area (Å²) in [5.74, 6) is 0.752. The summed E-state index contributed by atoms with van der Waals surface area (Å²) >= 11 is 6.48. The van der Waals surface area contributed by atoms with Gasteiger partial charge in [-0.2, -0.15) is 5.26 Å². The number of amides is 1. The quantitative estimate of drug-likeness (QED) is 0.365. The Morgan fingerprint density at radius 3 is 2.55 bits per heavy atom. The van der Waals surface area contributed by atoms with Gasteiger partial charge in [0.2, 0.25) is 11.9 Å². The lowest BCUT2D eigenvalue weighted by molar-refractivity contribution is -0.125. The minimum Gasteiger partial charge on any atom is -0.377 e. The van der Waals surface area contributed by atoms with Crippen molar-refractivity contribution in [1.82, 2.24) is 20.3 Å². The number of carbonyl (C=O) groups excluding carboxylic acids is 1. The summed E-state index contributed by atoms with van der Waals surface area (Å²) in [5, 5.41) is 20.9. The minimum atomic E-state index is -0.931. The molecule has 38 heavy (non-hydrogen) atoms. The van der Waals surface area contributed by atoms with Crippen molar-refractivity contribution in [3.05, 3.63) is 52.8 Å². The molecular formula is C28H32ClN7O2. The van der Waals surface area contributed by atoms with Crippen molar-refractivity contribution < 1.29 is 9.53 Å². The van der Waals surface area contributed by atoms with Gasteiger partial charge in [-0.15, -0.1) is 0 Å². The van der Waals surface area contributed by atoms with Gasteiger partial charge in [0.1, 0.15) is 5.82 Å². The summed E-state index contributed by atoms with van der Waals surface area (Å²) in [5.41, 5.74) is 2.37. The van der Waals surface area contributed by atoms with E-state index >= 15 is 0 Å². The fourth-order valence-electron chi connectivity index (χ4n) is 4.99. The van der Waals surface area contributed by atoms with E-state index in [1.54, 1.807) is 12.4 Å². The predicted octanol–water partition coefficient (Wildman–Crippen LogP) is 4.58. The Bertz CT molecular complexity index is 1320. The Kier molecular flexibility index (Phi) is 8.20. The first-order valence-electron chi connectivity index (χ1n) is 13.2. The van der Waals surface area contributed by atoms with Crippen LogP contribution in [0.25, 0.3) is 10.9 Å². The van der Waals surface area contributed by atoms with E-state index in [-0.39, 0.29) is 11.9 Å². The van der Waals surface area contributed by atoms with Crippen molar-refractivity contribution >= 4 is 40.2 Å². The van der Waals surface area contributed by atoms with Crippen LogP contribution < -0.4 is 16.0 Å².